The molecule has 4 atom stereocenters. The second kappa shape index (κ2) is 15.5. The molecule has 5 aliphatic rings. The van der Waals surface area contributed by atoms with Crippen molar-refractivity contribution in [2.75, 3.05) is 58.4 Å². The van der Waals surface area contributed by atoms with E-state index in [0.29, 0.717) is 56.1 Å². The number of aliphatic carboxylic acids is 1. The van der Waals surface area contributed by atoms with Crippen LogP contribution in [-0.2, 0) is 27.8 Å². The van der Waals surface area contributed by atoms with Gasteiger partial charge in [0.15, 0.2) is 11.5 Å². The summed E-state index contributed by atoms with van der Waals surface area (Å²) in [5.41, 5.74) is 4.40. The number of rotatable bonds is 10. The van der Waals surface area contributed by atoms with Crippen LogP contribution in [-0.4, -0.2) is 90.4 Å². The highest BCUT2D eigenvalue weighted by Crippen LogP contribution is 2.58. The summed E-state index contributed by atoms with van der Waals surface area (Å²) in [6.45, 7) is 8.98. The highest BCUT2D eigenvalue weighted by molar-refractivity contribution is 6.30. The number of carbonyl (C=O) groups is 2. The zero-order valence-corrected chi connectivity index (χ0v) is 33.2. The fraction of sp³-hybridized carbons (Fsp3) is 0.568. The quantitative estimate of drug-likeness (QED) is 0.218. The molecule has 294 valence electrons. The van der Waals surface area contributed by atoms with Gasteiger partial charge in [0.2, 0.25) is 5.91 Å². The molecular weight excluding hydrogens is 716 g/mol. The number of hydrogen-bond donors (Lipinski definition) is 2. The van der Waals surface area contributed by atoms with Crippen LogP contribution in [0.15, 0.2) is 48.7 Å². The number of carboxylic acid groups (broad SMARTS) is 1. The van der Waals surface area contributed by atoms with Crippen molar-refractivity contribution in [2.45, 2.75) is 88.5 Å². The van der Waals surface area contributed by atoms with E-state index in [4.69, 9.17) is 25.8 Å². The predicted octanol–water partition coefficient (Wildman–Crippen LogP) is 7.36. The van der Waals surface area contributed by atoms with Crippen LogP contribution in [0.4, 0.5) is 5.69 Å². The van der Waals surface area contributed by atoms with Gasteiger partial charge in [-0.15, -0.1) is 0 Å². The number of likely N-dealkylation sites (N-methyl/N-ethyl adjacent to an activating group) is 1. The first-order chi connectivity index (χ1) is 26.5. The van der Waals surface area contributed by atoms with Crippen LogP contribution in [0.1, 0.15) is 87.1 Å². The number of benzene rings is 2. The van der Waals surface area contributed by atoms with Crippen LogP contribution in [0.25, 0.3) is 0 Å². The highest BCUT2D eigenvalue weighted by Gasteiger charge is 2.54. The van der Waals surface area contributed by atoms with Gasteiger partial charge in [-0.25, -0.2) is 4.79 Å². The highest BCUT2D eigenvalue weighted by atomic mass is 35.5. The number of amides is 1. The van der Waals surface area contributed by atoms with Crippen molar-refractivity contribution in [3.05, 3.63) is 76.1 Å². The van der Waals surface area contributed by atoms with Crippen molar-refractivity contribution in [3.63, 3.8) is 0 Å². The van der Waals surface area contributed by atoms with Gasteiger partial charge in [-0.05, 0) is 128 Å². The number of nitrogens with one attached hydrogen (secondary N) is 1. The maximum absolute atomic E-state index is 13.1. The minimum Gasteiger partial charge on any atom is -0.493 e. The van der Waals surface area contributed by atoms with Crippen molar-refractivity contribution in [1.29, 1.82) is 0 Å². The molecule has 8 rings (SSSR count). The van der Waals surface area contributed by atoms with E-state index in [1.54, 1.807) is 17.0 Å². The van der Waals surface area contributed by atoms with Crippen LogP contribution in [0.3, 0.4) is 0 Å². The van der Waals surface area contributed by atoms with E-state index in [0.717, 1.165) is 81.1 Å². The van der Waals surface area contributed by atoms with Gasteiger partial charge in [0.1, 0.15) is 11.3 Å². The largest absolute Gasteiger partial charge is 0.493 e. The first-order valence-electron chi connectivity index (χ1n) is 20.3. The minimum absolute atomic E-state index is 0.137. The lowest BCUT2D eigenvalue weighted by Gasteiger charge is -2.47. The molecule has 1 saturated heterocycles. The molecule has 2 aromatic carbocycles. The van der Waals surface area contributed by atoms with E-state index < -0.39 is 11.5 Å². The van der Waals surface area contributed by atoms with Crippen molar-refractivity contribution in [1.82, 2.24) is 14.8 Å². The summed E-state index contributed by atoms with van der Waals surface area (Å²) < 4.78 is 19.6. The lowest BCUT2D eigenvalue weighted by Crippen LogP contribution is -2.53. The molecule has 3 heterocycles. The summed E-state index contributed by atoms with van der Waals surface area (Å²) in [5, 5.41) is 14.7. The zero-order valence-electron chi connectivity index (χ0n) is 32.4. The van der Waals surface area contributed by atoms with E-state index in [2.05, 4.69) is 41.2 Å². The number of carboxylic acids is 1. The summed E-state index contributed by atoms with van der Waals surface area (Å²) in [7, 11) is 1.86. The second-order valence-corrected chi connectivity index (χ2v) is 17.6. The molecule has 2 N–H and O–H groups in total. The number of anilines is 1. The van der Waals surface area contributed by atoms with Gasteiger partial charge in [0, 0.05) is 60.8 Å². The van der Waals surface area contributed by atoms with E-state index in [-0.39, 0.29) is 23.2 Å². The minimum atomic E-state index is -1.10. The number of carbonyl (C=O) groups excluding carboxylic acids is 1. The van der Waals surface area contributed by atoms with Crippen molar-refractivity contribution >= 4 is 29.2 Å². The summed E-state index contributed by atoms with van der Waals surface area (Å²) in [6.07, 6.45) is 9.50. The lowest BCUT2D eigenvalue weighted by molar-refractivity contribution is -0.144. The van der Waals surface area contributed by atoms with Gasteiger partial charge in [0.05, 0.1) is 26.4 Å². The number of piperazine rings is 1. The number of aromatic nitrogens is 1. The summed E-state index contributed by atoms with van der Waals surface area (Å²) in [4.78, 5) is 34.1. The summed E-state index contributed by atoms with van der Waals surface area (Å²) >= 11 is 6.31. The first-order valence-corrected chi connectivity index (χ1v) is 20.7. The molecule has 55 heavy (non-hydrogen) atoms. The Balaban J connectivity index is 1.03. The molecule has 1 saturated carbocycles. The lowest BCUT2D eigenvalue weighted by atomic mass is 9.59. The molecule has 2 fully saturated rings. The zero-order chi connectivity index (χ0) is 38.3. The summed E-state index contributed by atoms with van der Waals surface area (Å²) in [6, 6.07) is 13.8. The Morgan fingerprint density at radius 3 is 2.64 bits per heavy atom. The van der Waals surface area contributed by atoms with Crippen molar-refractivity contribution < 1.29 is 28.9 Å². The number of halogens is 1. The maximum atomic E-state index is 13.1. The molecule has 3 aromatic rings. The van der Waals surface area contributed by atoms with E-state index in [1.807, 2.05) is 31.4 Å². The molecule has 10 nitrogen and oxygen atoms in total. The second-order valence-electron chi connectivity index (χ2n) is 17.2. The van der Waals surface area contributed by atoms with Gasteiger partial charge in [-0.1, -0.05) is 31.5 Å². The van der Waals surface area contributed by atoms with Gasteiger partial charge >= 0.3 is 5.97 Å². The van der Waals surface area contributed by atoms with Crippen LogP contribution in [0.2, 0.25) is 5.02 Å². The Morgan fingerprint density at radius 1 is 1.11 bits per heavy atom. The van der Waals surface area contributed by atoms with E-state index in [1.165, 1.54) is 28.8 Å². The molecule has 2 aliphatic heterocycles. The van der Waals surface area contributed by atoms with Crippen LogP contribution >= 0.6 is 11.6 Å². The fourth-order valence-electron chi connectivity index (χ4n) is 10.2. The van der Waals surface area contributed by atoms with Crippen LogP contribution < -0.4 is 19.5 Å². The number of pyridine rings is 1. The molecule has 1 amide bonds. The van der Waals surface area contributed by atoms with Gasteiger partial charge in [0.25, 0.3) is 0 Å². The third kappa shape index (κ3) is 7.61. The topological polar surface area (TPSA) is 113 Å². The van der Waals surface area contributed by atoms with Crippen LogP contribution in [0, 0.1) is 17.8 Å². The van der Waals surface area contributed by atoms with E-state index in [9.17, 15) is 14.7 Å². The Morgan fingerprint density at radius 2 is 1.89 bits per heavy atom. The summed E-state index contributed by atoms with van der Waals surface area (Å²) in [5.74, 6) is 2.99. The average molecular weight is 771 g/mol. The third-order valence-corrected chi connectivity index (χ3v) is 13.6. The molecule has 1 aromatic heterocycles. The SMILES string of the molecule is C[C@@H](COc1ccnc2c1[C@H](C)CCC2)C[C@H]1Cc2cc3c(cc2C12CCC(Nc1cccc(Cl)c1)(C(=O)O)CC2)OCC(CN1CCN(C)C(=O)C1)CO3. The molecule has 0 radical (unpaired) electrons. The molecule has 1 spiro atoms. The Kier molecular flexibility index (Phi) is 10.7. The number of nitrogens with zero attached hydrogens (tertiary/aromatic N) is 3. The van der Waals surface area contributed by atoms with Gasteiger partial charge in [-0.3, -0.25) is 14.7 Å². The van der Waals surface area contributed by atoms with Crippen LogP contribution in [0.5, 0.6) is 17.2 Å². The molecular formula is C44H55ClN4O6. The monoisotopic (exact) mass is 770 g/mol. The standard InChI is InChI=1S/C44H55ClN4O6/c1-28(25-53-37-10-15-46-36-9-4-6-29(2)41(36)37)18-32-19-31-20-38-39(55-27-30(26-54-38)23-49-17-16-48(3)40(50)24-49)22-35(31)43(32)11-13-44(14-12-43,42(51)52)47-34-8-5-7-33(45)21-34/h5,7-8,10,15,20-22,28-30,32,47H,4,6,9,11-14,16-19,23-27H2,1-3H3,(H,51,52)/t28-,29-,30?,32+,43?,44?/m1/s1. The molecule has 0 bridgehead atoms. The predicted molar refractivity (Wildman–Crippen MR) is 213 cm³/mol. The van der Waals surface area contributed by atoms with Gasteiger partial charge < -0.3 is 29.5 Å². The Bertz CT molecular complexity index is 1910. The Labute approximate surface area is 329 Å². The van der Waals surface area contributed by atoms with Gasteiger partial charge in [-0.2, -0.15) is 0 Å². The number of fused-ring (bicyclic) bond motifs is 4. The smallest absolute Gasteiger partial charge is 0.329 e. The third-order valence-electron chi connectivity index (χ3n) is 13.4. The van der Waals surface area contributed by atoms with E-state index >= 15 is 0 Å². The average Bonchev–Trinajstić information content (AvgIpc) is 3.29. The molecule has 3 aliphatic carbocycles. The molecule has 11 heteroatoms. The number of aryl methyl sites for hydroxylation is 1. The first kappa shape index (κ1) is 37.9. The fourth-order valence-corrected chi connectivity index (χ4v) is 10.4. The van der Waals surface area contributed by atoms with Crippen molar-refractivity contribution in [3.8, 4) is 17.2 Å². The Hall–Kier alpha value is -4.02. The van der Waals surface area contributed by atoms with Crippen molar-refractivity contribution in [2.24, 2.45) is 17.8 Å². The number of ether oxygens (including phenoxy) is 3. The number of hydrogen-bond acceptors (Lipinski definition) is 8. The normalized spacial score (nSPS) is 28.3. The maximum Gasteiger partial charge on any atom is 0.329 e. The molecule has 1 unspecified atom stereocenters.